The van der Waals surface area contributed by atoms with E-state index in [1.165, 1.54) is 18.2 Å². The molecule has 7 nitrogen and oxygen atoms in total. The fourth-order valence-electron chi connectivity index (χ4n) is 3.66. The Kier molecular flexibility index (Phi) is 5.97. The number of halogens is 2. The molecule has 4 heterocycles. The minimum Gasteiger partial charge on any atom is -0.493 e. The molecule has 31 heavy (non-hydrogen) atoms. The predicted octanol–water partition coefficient (Wildman–Crippen LogP) is 3.49. The van der Waals surface area contributed by atoms with Crippen LogP contribution >= 0.6 is 0 Å². The van der Waals surface area contributed by atoms with Crippen molar-refractivity contribution in [3.8, 4) is 5.75 Å². The number of hydrogen-bond donors (Lipinski definition) is 1. The molecule has 0 unspecified atom stereocenters. The van der Waals surface area contributed by atoms with Crippen LogP contribution in [0.3, 0.4) is 0 Å². The topological polar surface area (TPSA) is 86.0 Å². The van der Waals surface area contributed by atoms with Crippen molar-refractivity contribution in [2.75, 3.05) is 19.8 Å². The van der Waals surface area contributed by atoms with Crippen molar-refractivity contribution in [1.29, 1.82) is 0 Å². The van der Waals surface area contributed by atoms with Crippen LogP contribution in [0.4, 0.5) is 8.78 Å². The van der Waals surface area contributed by atoms with Crippen molar-refractivity contribution in [2.45, 2.75) is 38.2 Å². The lowest BCUT2D eigenvalue weighted by Gasteiger charge is -2.30. The first kappa shape index (κ1) is 21.3. The number of imidazole rings is 1. The van der Waals surface area contributed by atoms with Crippen LogP contribution in [0.5, 0.6) is 5.75 Å². The third kappa shape index (κ3) is 4.42. The summed E-state index contributed by atoms with van der Waals surface area (Å²) in [5, 5.41) is 10.9. The number of ether oxygens (including phenoxy) is 2. The number of fused-ring (bicyclic) bond motifs is 1. The normalized spacial score (nSPS) is 16.0. The van der Waals surface area contributed by atoms with Crippen molar-refractivity contribution >= 4 is 11.4 Å². The molecule has 1 fully saturated rings. The maximum Gasteiger partial charge on any atom is 0.280 e. The van der Waals surface area contributed by atoms with Gasteiger partial charge < -0.3 is 19.0 Å². The maximum atomic E-state index is 12.9. The van der Waals surface area contributed by atoms with E-state index in [4.69, 9.17) is 9.47 Å². The van der Waals surface area contributed by atoms with Gasteiger partial charge in [-0.25, -0.2) is 18.7 Å². The predicted molar refractivity (Wildman–Crippen MR) is 108 cm³/mol. The molecule has 0 saturated carbocycles. The quantitative estimate of drug-likeness (QED) is 0.577. The van der Waals surface area contributed by atoms with Crippen LogP contribution in [0, 0.1) is 0 Å². The number of nitrogens with zero attached hydrogens (tertiary/aromatic N) is 3. The highest BCUT2D eigenvalue weighted by molar-refractivity contribution is 5.96. The zero-order valence-corrected chi connectivity index (χ0v) is 17.1. The number of carbonyl (C=O) groups is 1. The SMILES string of the molecule is CCOc1cc2nc(C3(O)CCOCC3)cn2cc1CC(=O)c1cccc(C(F)F)n1. The van der Waals surface area contributed by atoms with Crippen molar-refractivity contribution in [3.05, 3.63) is 59.3 Å². The highest BCUT2D eigenvalue weighted by Crippen LogP contribution is 2.32. The first-order valence-corrected chi connectivity index (χ1v) is 10.1. The monoisotopic (exact) mass is 431 g/mol. The molecule has 1 N–H and O–H groups in total. The number of Topliss-reactive ketones (excluding diaryl/α,β-unsaturated/α-hetero) is 1. The number of aromatic nitrogens is 3. The molecule has 0 amide bonds. The summed E-state index contributed by atoms with van der Waals surface area (Å²) in [6, 6.07) is 5.71. The molecular formula is C22H23F2N3O4. The van der Waals surface area contributed by atoms with Gasteiger partial charge in [0.15, 0.2) is 5.78 Å². The van der Waals surface area contributed by atoms with E-state index in [-0.39, 0.29) is 12.1 Å². The Morgan fingerprint density at radius 2 is 2.06 bits per heavy atom. The van der Waals surface area contributed by atoms with Gasteiger partial charge in [0.25, 0.3) is 6.43 Å². The third-order valence-electron chi connectivity index (χ3n) is 5.36. The van der Waals surface area contributed by atoms with Gasteiger partial charge in [-0.1, -0.05) is 6.07 Å². The number of alkyl halides is 2. The molecule has 4 rings (SSSR count). The molecular weight excluding hydrogens is 408 g/mol. The summed E-state index contributed by atoms with van der Waals surface area (Å²) in [6.07, 6.45) is 1.54. The van der Waals surface area contributed by atoms with Crippen LogP contribution in [0.25, 0.3) is 5.65 Å². The van der Waals surface area contributed by atoms with E-state index in [1.54, 1.807) is 22.9 Å². The highest BCUT2D eigenvalue weighted by Gasteiger charge is 2.34. The summed E-state index contributed by atoms with van der Waals surface area (Å²) in [6.45, 7) is 3.12. The zero-order valence-electron chi connectivity index (χ0n) is 17.1. The Balaban J connectivity index is 1.67. The molecule has 164 valence electrons. The number of ketones is 1. The zero-order chi connectivity index (χ0) is 22.0. The van der Waals surface area contributed by atoms with Crippen LogP contribution in [-0.2, 0) is 16.8 Å². The summed E-state index contributed by atoms with van der Waals surface area (Å²) < 4.78 is 38.6. The smallest absolute Gasteiger partial charge is 0.280 e. The minimum atomic E-state index is -2.75. The van der Waals surface area contributed by atoms with Gasteiger partial charge in [-0.3, -0.25) is 4.79 Å². The molecule has 0 atom stereocenters. The second kappa shape index (κ2) is 8.68. The Labute approximate surface area is 177 Å². The Morgan fingerprint density at radius 1 is 1.29 bits per heavy atom. The van der Waals surface area contributed by atoms with Crippen LogP contribution in [0.2, 0.25) is 0 Å². The lowest BCUT2D eigenvalue weighted by atomic mass is 9.91. The molecule has 0 aromatic carbocycles. The van der Waals surface area contributed by atoms with Crippen LogP contribution in [0.15, 0.2) is 36.7 Å². The molecule has 1 aliphatic rings. The van der Waals surface area contributed by atoms with Gasteiger partial charge >= 0.3 is 0 Å². The van der Waals surface area contributed by atoms with Gasteiger partial charge in [0.2, 0.25) is 0 Å². The number of rotatable bonds is 7. The molecule has 3 aromatic heterocycles. The lowest BCUT2D eigenvalue weighted by molar-refractivity contribution is -0.0702. The molecule has 0 radical (unpaired) electrons. The van der Waals surface area contributed by atoms with E-state index in [0.29, 0.717) is 55.3 Å². The van der Waals surface area contributed by atoms with Gasteiger partial charge in [-0.15, -0.1) is 0 Å². The summed E-state index contributed by atoms with van der Waals surface area (Å²) in [5.41, 5.74) is 0.163. The first-order chi connectivity index (χ1) is 14.9. The Morgan fingerprint density at radius 3 is 2.77 bits per heavy atom. The minimum absolute atomic E-state index is 0.0248. The largest absolute Gasteiger partial charge is 0.493 e. The van der Waals surface area contributed by atoms with Crippen LogP contribution < -0.4 is 4.74 Å². The van der Waals surface area contributed by atoms with E-state index in [1.807, 2.05) is 6.92 Å². The third-order valence-corrected chi connectivity index (χ3v) is 5.36. The number of hydrogen-bond acceptors (Lipinski definition) is 6. The van der Waals surface area contributed by atoms with Crippen molar-refractivity contribution in [2.24, 2.45) is 0 Å². The number of pyridine rings is 2. The van der Waals surface area contributed by atoms with Gasteiger partial charge in [0, 0.05) is 56.5 Å². The average Bonchev–Trinajstić information content (AvgIpc) is 3.18. The number of carbonyl (C=O) groups excluding carboxylic acids is 1. The van der Waals surface area contributed by atoms with Crippen LogP contribution in [-0.4, -0.2) is 45.1 Å². The standard InChI is InChI=1S/C22H23F2N3O4/c1-2-31-18-11-20-26-19(22(29)6-8-30-9-7-22)13-27(20)12-14(18)10-17(28)15-4-3-5-16(25-15)21(23)24/h3-5,11-13,21,29H,2,6-10H2,1H3. The van der Waals surface area contributed by atoms with Gasteiger partial charge in [-0.05, 0) is 19.1 Å². The second-order valence-corrected chi connectivity index (χ2v) is 7.48. The van der Waals surface area contributed by atoms with E-state index in [2.05, 4.69) is 9.97 Å². The molecule has 0 bridgehead atoms. The molecule has 0 spiro atoms. The molecule has 9 heteroatoms. The van der Waals surface area contributed by atoms with E-state index < -0.39 is 23.5 Å². The maximum absolute atomic E-state index is 12.9. The molecule has 1 aliphatic heterocycles. The molecule has 1 saturated heterocycles. The fraction of sp³-hybridized carbons (Fsp3) is 0.409. The van der Waals surface area contributed by atoms with Gasteiger partial charge in [0.1, 0.15) is 28.4 Å². The lowest BCUT2D eigenvalue weighted by Crippen LogP contribution is -2.33. The summed E-state index contributed by atoms with van der Waals surface area (Å²) in [5.74, 6) is 0.0793. The van der Waals surface area contributed by atoms with E-state index in [9.17, 15) is 18.7 Å². The summed E-state index contributed by atoms with van der Waals surface area (Å²) >= 11 is 0. The highest BCUT2D eigenvalue weighted by atomic mass is 19.3. The van der Waals surface area contributed by atoms with Gasteiger partial charge in [-0.2, -0.15) is 0 Å². The summed E-state index contributed by atoms with van der Waals surface area (Å²) in [7, 11) is 0. The van der Waals surface area contributed by atoms with Crippen molar-refractivity contribution < 1.29 is 28.2 Å². The van der Waals surface area contributed by atoms with E-state index >= 15 is 0 Å². The molecule has 0 aliphatic carbocycles. The average molecular weight is 431 g/mol. The number of aliphatic hydroxyl groups is 1. The van der Waals surface area contributed by atoms with Gasteiger partial charge in [0.05, 0.1) is 12.3 Å². The Bertz CT molecular complexity index is 1090. The van der Waals surface area contributed by atoms with Crippen molar-refractivity contribution in [1.82, 2.24) is 14.4 Å². The van der Waals surface area contributed by atoms with Crippen molar-refractivity contribution in [3.63, 3.8) is 0 Å². The second-order valence-electron chi connectivity index (χ2n) is 7.48. The Hall–Kier alpha value is -2.91. The first-order valence-electron chi connectivity index (χ1n) is 10.1. The molecule has 3 aromatic rings. The van der Waals surface area contributed by atoms with E-state index in [0.717, 1.165) is 0 Å². The summed E-state index contributed by atoms with van der Waals surface area (Å²) in [4.78, 5) is 21.1. The fourth-order valence-corrected chi connectivity index (χ4v) is 3.66. The van der Waals surface area contributed by atoms with Crippen LogP contribution in [0.1, 0.15) is 53.6 Å².